The summed E-state index contributed by atoms with van der Waals surface area (Å²) in [7, 11) is 0. The molecule has 0 radical (unpaired) electrons. The zero-order valence-corrected chi connectivity index (χ0v) is 43.3. The molecule has 0 N–H and O–H groups in total. The second kappa shape index (κ2) is 48.5. The molecule has 0 saturated heterocycles. The van der Waals surface area contributed by atoms with Crippen LogP contribution in [0, 0.1) is 0 Å². The van der Waals surface area contributed by atoms with Crippen LogP contribution in [0.3, 0.4) is 0 Å². The zero-order valence-electron chi connectivity index (χ0n) is 40.2. The Morgan fingerprint density at radius 2 is 0.268 bits per heavy atom. The van der Waals surface area contributed by atoms with Crippen LogP contribution in [0.5, 0.6) is 0 Å². The van der Waals surface area contributed by atoms with E-state index in [1.807, 2.05) is 0 Å². The Morgan fingerprint density at radius 1 is 0.161 bits per heavy atom. The number of rotatable bonds is 47. The third kappa shape index (κ3) is 39.0. The fourth-order valence-electron chi connectivity index (χ4n) is 9.60. The van der Waals surface area contributed by atoms with Gasteiger partial charge in [0, 0.05) is 12.8 Å². The second-order valence-electron chi connectivity index (χ2n) is 18.8. The van der Waals surface area contributed by atoms with Crippen LogP contribution in [-0.4, -0.2) is 61.3 Å². The van der Waals surface area contributed by atoms with E-state index in [0.29, 0.717) is 0 Å². The van der Waals surface area contributed by atoms with E-state index in [0.717, 1.165) is 0 Å². The minimum absolute atomic E-state index is 0. The molecule has 2 nitrogen and oxygen atoms in total. The van der Waals surface area contributed by atoms with Crippen LogP contribution in [0.2, 0.25) is 0 Å². The number of quaternary nitrogens is 2. The minimum atomic E-state index is 0. The highest BCUT2D eigenvalue weighted by Crippen LogP contribution is 2.23. The molecule has 0 fully saturated rings. The maximum atomic E-state index is 2.37. The molecule has 0 aliphatic heterocycles. The molecule has 0 bridgehead atoms. The molecule has 0 saturated carbocycles. The van der Waals surface area contributed by atoms with Crippen LogP contribution in [0.4, 0.5) is 0 Å². The first-order chi connectivity index (χ1) is 26.6. The van der Waals surface area contributed by atoms with Gasteiger partial charge in [0.2, 0.25) is 0 Å². The molecule has 0 aromatic rings. The molecular formula is C52H110Br2N2. The van der Waals surface area contributed by atoms with E-state index >= 15 is 0 Å². The summed E-state index contributed by atoms with van der Waals surface area (Å²) in [6.07, 6.45) is 55.0. The van der Waals surface area contributed by atoms with Crippen LogP contribution in [0.1, 0.15) is 286 Å². The van der Waals surface area contributed by atoms with Gasteiger partial charge in [-0.15, -0.1) is 0 Å². The number of unbranched alkanes of at least 4 members (excludes halogenated alkanes) is 31. The fourth-order valence-corrected chi connectivity index (χ4v) is 9.60. The summed E-state index contributed by atoms with van der Waals surface area (Å²) in [6.45, 7) is 26.0. The van der Waals surface area contributed by atoms with Gasteiger partial charge in [-0.1, -0.05) is 196 Å². The first kappa shape index (κ1) is 61.2. The van der Waals surface area contributed by atoms with Gasteiger partial charge in [0.05, 0.1) is 52.4 Å². The third-order valence-corrected chi connectivity index (χ3v) is 13.4. The molecule has 0 unspecified atom stereocenters. The zero-order chi connectivity index (χ0) is 39.5. The first-order valence-electron chi connectivity index (χ1n) is 26.3. The summed E-state index contributed by atoms with van der Waals surface area (Å²) in [6, 6.07) is 0. The van der Waals surface area contributed by atoms with Gasteiger partial charge in [-0.05, 0) is 77.0 Å². The van der Waals surface area contributed by atoms with Crippen molar-refractivity contribution in [3.05, 3.63) is 0 Å². The third-order valence-electron chi connectivity index (χ3n) is 13.4. The van der Waals surface area contributed by atoms with E-state index in [1.54, 1.807) is 0 Å². The Kier molecular flexibility index (Phi) is 53.0. The van der Waals surface area contributed by atoms with Crippen LogP contribution >= 0.6 is 0 Å². The van der Waals surface area contributed by atoms with Crippen LogP contribution in [0.25, 0.3) is 0 Å². The highest BCUT2D eigenvalue weighted by Gasteiger charge is 2.29. The van der Waals surface area contributed by atoms with Gasteiger partial charge in [-0.25, -0.2) is 0 Å². The van der Waals surface area contributed by atoms with Crippen molar-refractivity contribution in [2.75, 3.05) is 52.4 Å². The molecule has 0 heterocycles. The maximum Gasteiger partial charge on any atom is 0.0788 e. The Bertz CT molecular complexity index is 561. The van der Waals surface area contributed by atoms with Crippen molar-refractivity contribution >= 4 is 0 Å². The Hall–Kier alpha value is 0.880. The standard InChI is InChI=1S/C52H110N2.2BrH/c1-7-13-19-25-31-37-45-53(46-38-32-26-20-14-8-2,47-39-33-27-21-15-9-3)51-43-44-52-54(48-40-34-28-22-16-10-4,49-41-35-29-23-17-11-5)50-42-36-30-24-18-12-6;;/h7-52H2,1-6H3;2*1H/q+2;;/p-2. The van der Waals surface area contributed by atoms with E-state index in [9.17, 15) is 0 Å². The summed E-state index contributed by atoms with van der Waals surface area (Å²) in [5.74, 6) is 0. The number of halogens is 2. The lowest BCUT2D eigenvalue weighted by Crippen LogP contribution is -3.00. The second-order valence-corrected chi connectivity index (χ2v) is 18.8. The van der Waals surface area contributed by atoms with Gasteiger partial charge in [-0.3, -0.25) is 0 Å². The molecule has 4 heteroatoms. The van der Waals surface area contributed by atoms with Crippen molar-refractivity contribution < 1.29 is 42.9 Å². The van der Waals surface area contributed by atoms with Crippen molar-refractivity contribution in [1.82, 2.24) is 0 Å². The number of nitrogens with zero attached hydrogens (tertiary/aromatic N) is 2. The highest BCUT2D eigenvalue weighted by molar-refractivity contribution is 4.58. The normalized spacial score (nSPS) is 11.9. The molecule has 56 heavy (non-hydrogen) atoms. The monoisotopic (exact) mass is 921 g/mol. The minimum Gasteiger partial charge on any atom is -1.00 e. The van der Waals surface area contributed by atoms with Crippen LogP contribution in [-0.2, 0) is 0 Å². The largest absolute Gasteiger partial charge is 1.00 e. The highest BCUT2D eigenvalue weighted by atomic mass is 79.9. The Morgan fingerprint density at radius 3 is 0.411 bits per heavy atom. The average Bonchev–Trinajstić information content (AvgIpc) is 3.18. The molecule has 342 valence electrons. The summed E-state index contributed by atoms with van der Waals surface area (Å²) >= 11 is 0. The molecule has 0 spiro atoms. The van der Waals surface area contributed by atoms with E-state index in [2.05, 4.69) is 41.5 Å². The fraction of sp³-hybridized carbons (Fsp3) is 1.00. The van der Waals surface area contributed by atoms with Crippen LogP contribution < -0.4 is 34.0 Å². The molecule has 0 rings (SSSR count). The summed E-state index contributed by atoms with van der Waals surface area (Å²) in [4.78, 5) is 0. The van der Waals surface area contributed by atoms with Crippen molar-refractivity contribution in [1.29, 1.82) is 0 Å². The smallest absolute Gasteiger partial charge is 0.0788 e. The first-order valence-corrected chi connectivity index (χ1v) is 26.3. The molecule has 0 aromatic heterocycles. The van der Waals surface area contributed by atoms with Crippen LogP contribution in [0.15, 0.2) is 0 Å². The molecule has 0 atom stereocenters. The summed E-state index contributed by atoms with van der Waals surface area (Å²) in [5, 5.41) is 0. The quantitative estimate of drug-likeness (QED) is 0.0421. The van der Waals surface area contributed by atoms with Crippen molar-refractivity contribution in [3.8, 4) is 0 Å². The van der Waals surface area contributed by atoms with E-state index in [4.69, 9.17) is 0 Å². The topological polar surface area (TPSA) is 0 Å². The SMILES string of the molecule is CCCCCCCC[N+](CCCCCCCC)(CCCCCCCC)CCCC[N+](CCCCCCCC)(CCCCCCCC)CCCCCCCC.[Br-].[Br-]. The van der Waals surface area contributed by atoms with Gasteiger partial charge in [-0.2, -0.15) is 0 Å². The Labute approximate surface area is 378 Å². The van der Waals surface area contributed by atoms with E-state index in [1.165, 1.54) is 305 Å². The van der Waals surface area contributed by atoms with Gasteiger partial charge in [0.1, 0.15) is 0 Å². The molecule has 0 aliphatic carbocycles. The molecular weight excluding hydrogens is 812 g/mol. The predicted octanol–water partition coefficient (Wildman–Crippen LogP) is 11.6. The summed E-state index contributed by atoms with van der Waals surface area (Å²) in [5.41, 5.74) is 0. The molecule has 0 amide bonds. The van der Waals surface area contributed by atoms with Gasteiger partial charge >= 0.3 is 0 Å². The van der Waals surface area contributed by atoms with Crippen molar-refractivity contribution in [3.63, 3.8) is 0 Å². The Balaban J connectivity index is -0.0000140. The van der Waals surface area contributed by atoms with Crippen molar-refractivity contribution in [2.45, 2.75) is 286 Å². The van der Waals surface area contributed by atoms with Gasteiger partial charge in [0.25, 0.3) is 0 Å². The molecule has 0 aliphatic rings. The van der Waals surface area contributed by atoms with Gasteiger partial charge < -0.3 is 42.9 Å². The van der Waals surface area contributed by atoms with E-state index < -0.39 is 0 Å². The lowest BCUT2D eigenvalue weighted by atomic mass is 10.0. The molecule has 0 aromatic carbocycles. The lowest BCUT2D eigenvalue weighted by Gasteiger charge is -2.41. The van der Waals surface area contributed by atoms with Gasteiger partial charge in [0.15, 0.2) is 0 Å². The maximum absolute atomic E-state index is 2.37. The summed E-state index contributed by atoms with van der Waals surface area (Å²) < 4.78 is 2.95. The number of hydrogen-bond acceptors (Lipinski definition) is 0. The van der Waals surface area contributed by atoms with E-state index in [-0.39, 0.29) is 34.0 Å². The van der Waals surface area contributed by atoms with Crippen molar-refractivity contribution in [2.24, 2.45) is 0 Å². The average molecular weight is 923 g/mol. The number of hydrogen-bond donors (Lipinski definition) is 0. The lowest BCUT2D eigenvalue weighted by molar-refractivity contribution is -0.935. The predicted molar refractivity (Wildman–Crippen MR) is 249 cm³/mol.